The highest BCUT2D eigenvalue weighted by molar-refractivity contribution is 6.23. The van der Waals surface area contributed by atoms with Crippen LogP contribution >= 0.6 is 0 Å². The molecule has 228 valence electrons. The number of furan rings is 1. The Balaban J connectivity index is 1.26. The van der Waals surface area contributed by atoms with Gasteiger partial charge in [0.25, 0.3) is 0 Å². The Labute approximate surface area is 282 Å². The van der Waals surface area contributed by atoms with Gasteiger partial charge in [-0.1, -0.05) is 146 Å². The fraction of sp³-hybridized carbons (Fsp3) is 0. The fourth-order valence-corrected chi connectivity index (χ4v) is 7.20. The lowest BCUT2D eigenvalue weighted by molar-refractivity contribution is 0.669. The Hall–Kier alpha value is -6.65. The molecular formula is C45H27N3O. The van der Waals surface area contributed by atoms with E-state index >= 15 is 0 Å². The van der Waals surface area contributed by atoms with Crippen LogP contribution in [-0.4, -0.2) is 15.0 Å². The maximum Gasteiger partial charge on any atom is 0.164 e. The number of aromatic nitrogens is 3. The first kappa shape index (κ1) is 27.5. The van der Waals surface area contributed by atoms with Gasteiger partial charge in [-0.2, -0.15) is 0 Å². The van der Waals surface area contributed by atoms with E-state index in [0.717, 1.165) is 55.0 Å². The van der Waals surface area contributed by atoms with Gasteiger partial charge in [-0.3, -0.25) is 0 Å². The van der Waals surface area contributed by atoms with E-state index < -0.39 is 0 Å². The molecule has 0 unspecified atom stereocenters. The van der Waals surface area contributed by atoms with Gasteiger partial charge in [0.15, 0.2) is 17.5 Å². The quantitative estimate of drug-likeness (QED) is 0.183. The van der Waals surface area contributed by atoms with E-state index in [2.05, 4.69) is 127 Å². The smallest absolute Gasteiger partial charge is 0.164 e. The second-order valence-electron chi connectivity index (χ2n) is 12.4. The Morgan fingerprint density at radius 3 is 1.73 bits per heavy atom. The Morgan fingerprint density at radius 2 is 0.918 bits per heavy atom. The van der Waals surface area contributed by atoms with Crippen LogP contribution in [0.15, 0.2) is 168 Å². The molecule has 0 radical (unpaired) electrons. The van der Waals surface area contributed by atoms with Crippen LogP contribution in [0.4, 0.5) is 0 Å². The topological polar surface area (TPSA) is 51.8 Å². The molecule has 0 spiro atoms. The maximum absolute atomic E-state index is 6.28. The van der Waals surface area contributed by atoms with E-state index in [9.17, 15) is 0 Å². The summed E-state index contributed by atoms with van der Waals surface area (Å²) < 4.78 is 6.28. The number of nitrogens with zero attached hydrogens (tertiary/aromatic N) is 3. The standard InChI is InChI=1S/C45H27N3O/c1-2-11-28(12-3-1)29-21-23-31(24-22-29)43-46-44(37-18-10-20-40-42(37)36-17-8-9-19-39(36)49-40)48-45(47-43)38-27-32-14-5-7-16-34(32)41-33-15-6-4-13-30(33)25-26-35(38)41/h1-27H. The van der Waals surface area contributed by atoms with Crippen molar-refractivity contribution in [1.82, 2.24) is 15.0 Å². The predicted molar refractivity (Wildman–Crippen MR) is 201 cm³/mol. The van der Waals surface area contributed by atoms with Gasteiger partial charge < -0.3 is 4.42 Å². The van der Waals surface area contributed by atoms with Crippen molar-refractivity contribution in [3.05, 3.63) is 164 Å². The maximum atomic E-state index is 6.28. The monoisotopic (exact) mass is 625 g/mol. The Bertz CT molecular complexity index is 2860. The minimum absolute atomic E-state index is 0.603. The van der Waals surface area contributed by atoms with Gasteiger partial charge >= 0.3 is 0 Å². The summed E-state index contributed by atoms with van der Waals surface area (Å²) in [6.45, 7) is 0. The highest BCUT2D eigenvalue weighted by Crippen LogP contribution is 2.40. The molecule has 8 aromatic carbocycles. The Morgan fingerprint density at radius 1 is 0.327 bits per heavy atom. The molecule has 0 saturated heterocycles. The van der Waals surface area contributed by atoms with Gasteiger partial charge in [0.1, 0.15) is 11.2 Å². The molecule has 10 rings (SSSR count). The minimum Gasteiger partial charge on any atom is -0.456 e. The molecule has 2 aromatic heterocycles. The molecule has 0 atom stereocenters. The summed E-state index contributed by atoms with van der Waals surface area (Å²) in [4.78, 5) is 15.7. The van der Waals surface area contributed by atoms with Gasteiger partial charge in [-0.05, 0) is 61.6 Å². The van der Waals surface area contributed by atoms with Crippen molar-refractivity contribution in [2.24, 2.45) is 0 Å². The zero-order valence-corrected chi connectivity index (χ0v) is 26.3. The second kappa shape index (κ2) is 11.0. The van der Waals surface area contributed by atoms with Crippen molar-refractivity contribution >= 4 is 54.3 Å². The van der Waals surface area contributed by atoms with E-state index in [1.54, 1.807) is 0 Å². The van der Waals surface area contributed by atoms with E-state index in [4.69, 9.17) is 19.4 Å². The fourth-order valence-electron chi connectivity index (χ4n) is 7.20. The average Bonchev–Trinajstić information content (AvgIpc) is 3.57. The van der Waals surface area contributed by atoms with E-state index in [-0.39, 0.29) is 0 Å². The number of rotatable bonds is 4. The molecule has 49 heavy (non-hydrogen) atoms. The Kier molecular flexibility index (Phi) is 6.15. The van der Waals surface area contributed by atoms with E-state index in [1.807, 2.05) is 36.4 Å². The zero-order valence-electron chi connectivity index (χ0n) is 26.3. The van der Waals surface area contributed by atoms with Crippen molar-refractivity contribution < 1.29 is 4.42 Å². The molecule has 0 amide bonds. The summed E-state index contributed by atoms with van der Waals surface area (Å²) in [5, 5.41) is 9.09. The van der Waals surface area contributed by atoms with Crippen LogP contribution in [0.3, 0.4) is 0 Å². The third-order valence-corrected chi connectivity index (χ3v) is 9.52. The van der Waals surface area contributed by atoms with Gasteiger partial charge in [0.05, 0.1) is 0 Å². The van der Waals surface area contributed by atoms with Crippen molar-refractivity contribution in [3.8, 4) is 45.3 Å². The van der Waals surface area contributed by atoms with Crippen molar-refractivity contribution in [3.63, 3.8) is 0 Å². The molecule has 0 aliphatic carbocycles. The van der Waals surface area contributed by atoms with Gasteiger partial charge in [0, 0.05) is 27.5 Å². The SMILES string of the molecule is c1ccc(-c2ccc(-c3nc(-c4cc5ccccc5c5c4ccc4ccccc45)nc(-c4cccc5oc6ccccc6c45)n3)cc2)cc1. The molecule has 0 N–H and O–H groups in total. The number of benzene rings is 8. The summed E-state index contributed by atoms with van der Waals surface area (Å²) in [6.07, 6.45) is 0. The van der Waals surface area contributed by atoms with E-state index in [0.29, 0.717) is 17.5 Å². The van der Waals surface area contributed by atoms with Crippen LogP contribution in [0.1, 0.15) is 0 Å². The van der Waals surface area contributed by atoms with E-state index in [1.165, 1.54) is 27.1 Å². The molecular weight excluding hydrogens is 599 g/mol. The first-order valence-corrected chi connectivity index (χ1v) is 16.4. The van der Waals surface area contributed by atoms with Crippen molar-refractivity contribution in [2.75, 3.05) is 0 Å². The number of hydrogen-bond donors (Lipinski definition) is 0. The van der Waals surface area contributed by atoms with Crippen LogP contribution in [0.25, 0.3) is 99.5 Å². The van der Waals surface area contributed by atoms with Gasteiger partial charge in [-0.25, -0.2) is 15.0 Å². The molecule has 4 nitrogen and oxygen atoms in total. The summed E-state index contributed by atoms with van der Waals surface area (Å²) in [7, 11) is 0. The lowest BCUT2D eigenvalue weighted by Gasteiger charge is -2.14. The molecule has 0 bridgehead atoms. The van der Waals surface area contributed by atoms with Crippen LogP contribution in [-0.2, 0) is 0 Å². The molecule has 0 saturated carbocycles. The van der Waals surface area contributed by atoms with Crippen LogP contribution < -0.4 is 0 Å². The van der Waals surface area contributed by atoms with Gasteiger partial charge in [0.2, 0.25) is 0 Å². The summed E-state index contributed by atoms with van der Waals surface area (Å²) in [5.74, 6) is 1.85. The normalized spacial score (nSPS) is 11.7. The lowest BCUT2D eigenvalue weighted by atomic mass is 9.92. The first-order valence-electron chi connectivity index (χ1n) is 16.4. The van der Waals surface area contributed by atoms with Crippen LogP contribution in [0, 0.1) is 0 Å². The highest BCUT2D eigenvalue weighted by atomic mass is 16.3. The predicted octanol–water partition coefficient (Wildman–Crippen LogP) is 11.9. The number of para-hydroxylation sites is 1. The second-order valence-corrected chi connectivity index (χ2v) is 12.4. The molecule has 10 aromatic rings. The summed E-state index contributed by atoms with van der Waals surface area (Å²) in [6, 6.07) is 56.9. The lowest BCUT2D eigenvalue weighted by Crippen LogP contribution is -2.01. The molecule has 2 heterocycles. The molecule has 0 aliphatic rings. The summed E-state index contributed by atoms with van der Waals surface area (Å²) >= 11 is 0. The van der Waals surface area contributed by atoms with Crippen LogP contribution in [0.2, 0.25) is 0 Å². The van der Waals surface area contributed by atoms with Crippen molar-refractivity contribution in [2.45, 2.75) is 0 Å². The third-order valence-electron chi connectivity index (χ3n) is 9.52. The zero-order chi connectivity index (χ0) is 32.3. The average molecular weight is 626 g/mol. The molecule has 0 aliphatic heterocycles. The van der Waals surface area contributed by atoms with Crippen molar-refractivity contribution in [1.29, 1.82) is 0 Å². The molecule has 0 fully saturated rings. The number of hydrogen-bond acceptors (Lipinski definition) is 4. The summed E-state index contributed by atoms with van der Waals surface area (Å²) in [5.41, 5.74) is 6.74. The minimum atomic E-state index is 0.603. The highest BCUT2D eigenvalue weighted by Gasteiger charge is 2.20. The largest absolute Gasteiger partial charge is 0.456 e. The number of fused-ring (bicyclic) bond motifs is 8. The first-order chi connectivity index (χ1) is 24.3. The van der Waals surface area contributed by atoms with Crippen LogP contribution in [0.5, 0.6) is 0 Å². The molecule has 4 heteroatoms. The third kappa shape index (κ3) is 4.49. The van der Waals surface area contributed by atoms with Gasteiger partial charge in [-0.15, -0.1) is 0 Å².